The van der Waals surface area contributed by atoms with Crippen LogP contribution in [0.3, 0.4) is 0 Å². The third-order valence-electron chi connectivity index (χ3n) is 3.28. The van der Waals surface area contributed by atoms with Crippen molar-refractivity contribution < 1.29 is 9.59 Å². The third kappa shape index (κ3) is 3.14. The highest BCUT2D eigenvalue weighted by atomic mass is 35.5. The molecule has 3 aromatic rings. The molecule has 0 unspecified atom stereocenters. The van der Waals surface area contributed by atoms with Crippen LogP contribution in [0.2, 0.25) is 5.02 Å². The number of nitrogens with zero attached hydrogens (tertiary/aromatic N) is 1. The lowest BCUT2D eigenvalue weighted by Gasteiger charge is -2.10. The first-order valence-corrected chi connectivity index (χ1v) is 7.23. The average Bonchev–Trinajstić information content (AvgIpc) is 3.02. The number of ketones is 1. The number of halogens is 1. The zero-order chi connectivity index (χ0) is 16.2. The largest absolute Gasteiger partial charge is 0.320 e. The molecule has 0 saturated carbocycles. The van der Waals surface area contributed by atoms with E-state index in [9.17, 15) is 9.59 Å². The molecule has 0 aliphatic rings. The van der Waals surface area contributed by atoms with E-state index in [1.54, 1.807) is 48.5 Å². The van der Waals surface area contributed by atoms with Crippen molar-refractivity contribution in [1.82, 2.24) is 10.2 Å². The van der Waals surface area contributed by atoms with Crippen molar-refractivity contribution in [2.45, 2.75) is 0 Å². The van der Waals surface area contributed by atoms with Gasteiger partial charge >= 0.3 is 0 Å². The van der Waals surface area contributed by atoms with Crippen LogP contribution in [0.1, 0.15) is 26.4 Å². The highest BCUT2D eigenvalue weighted by molar-refractivity contribution is 6.34. The normalized spacial score (nSPS) is 10.3. The van der Waals surface area contributed by atoms with E-state index in [2.05, 4.69) is 15.5 Å². The summed E-state index contributed by atoms with van der Waals surface area (Å²) in [4.78, 5) is 24.8. The molecule has 1 aromatic heterocycles. The second kappa shape index (κ2) is 6.46. The molecule has 3 rings (SSSR count). The van der Waals surface area contributed by atoms with Gasteiger partial charge in [-0.3, -0.25) is 14.7 Å². The van der Waals surface area contributed by atoms with Crippen molar-refractivity contribution in [3.8, 4) is 0 Å². The van der Waals surface area contributed by atoms with Gasteiger partial charge < -0.3 is 5.32 Å². The van der Waals surface area contributed by atoms with Gasteiger partial charge in [0.1, 0.15) is 5.69 Å². The maximum Gasteiger partial charge on any atom is 0.275 e. The lowest BCUT2D eigenvalue weighted by Crippen LogP contribution is -2.16. The molecule has 0 aliphatic carbocycles. The number of amides is 1. The van der Waals surface area contributed by atoms with Gasteiger partial charge in [0.2, 0.25) is 0 Å². The van der Waals surface area contributed by atoms with Crippen LogP contribution in [0.15, 0.2) is 60.8 Å². The first-order chi connectivity index (χ1) is 11.2. The van der Waals surface area contributed by atoms with Gasteiger partial charge in [-0.1, -0.05) is 54.1 Å². The number of carbonyl (C=O) groups excluding carboxylic acids is 2. The monoisotopic (exact) mass is 325 g/mol. The van der Waals surface area contributed by atoms with E-state index < -0.39 is 5.91 Å². The van der Waals surface area contributed by atoms with Crippen molar-refractivity contribution >= 4 is 29.0 Å². The first kappa shape index (κ1) is 15.0. The Morgan fingerprint density at radius 2 is 1.70 bits per heavy atom. The summed E-state index contributed by atoms with van der Waals surface area (Å²) in [5, 5.41) is 9.14. The second-order valence-corrected chi connectivity index (χ2v) is 5.19. The Kier molecular flexibility index (Phi) is 4.21. The summed E-state index contributed by atoms with van der Waals surface area (Å²) >= 11 is 5.88. The molecule has 1 heterocycles. The molecule has 0 atom stereocenters. The number of para-hydroxylation sites is 1. The minimum atomic E-state index is -0.458. The Labute approximate surface area is 137 Å². The summed E-state index contributed by atoms with van der Waals surface area (Å²) in [5.41, 5.74) is 1.52. The number of anilines is 1. The molecule has 0 radical (unpaired) electrons. The fourth-order valence-electron chi connectivity index (χ4n) is 2.15. The minimum absolute atomic E-state index is 0.147. The maximum absolute atomic E-state index is 12.6. The highest BCUT2D eigenvalue weighted by Gasteiger charge is 2.17. The lowest BCUT2D eigenvalue weighted by atomic mass is 10.0. The Hall–Kier alpha value is -2.92. The summed E-state index contributed by atoms with van der Waals surface area (Å²) in [6.45, 7) is 0. The van der Waals surface area contributed by atoms with Crippen molar-refractivity contribution in [2.75, 3.05) is 5.32 Å². The predicted molar refractivity (Wildman–Crippen MR) is 87.9 cm³/mol. The first-order valence-electron chi connectivity index (χ1n) is 6.86. The van der Waals surface area contributed by atoms with Gasteiger partial charge in [-0.15, -0.1) is 0 Å². The van der Waals surface area contributed by atoms with Crippen molar-refractivity contribution in [3.05, 3.63) is 82.6 Å². The zero-order valence-electron chi connectivity index (χ0n) is 11.9. The lowest BCUT2D eigenvalue weighted by molar-refractivity contribution is 0.102. The molecule has 2 N–H and O–H groups in total. The van der Waals surface area contributed by atoms with E-state index in [4.69, 9.17) is 11.6 Å². The van der Waals surface area contributed by atoms with Crippen LogP contribution < -0.4 is 5.32 Å². The fraction of sp³-hybridized carbons (Fsp3) is 0. The summed E-state index contributed by atoms with van der Waals surface area (Å²) in [7, 11) is 0. The second-order valence-electron chi connectivity index (χ2n) is 4.79. The van der Waals surface area contributed by atoms with Crippen molar-refractivity contribution in [1.29, 1.82) is 0 Å². The summed E-state index contributed by atoms with van der Waals surface area (Å²) in [5.74, 6) is -0.627. The maximum atomic E-state index is 12.6. The van der Waals surface area contributed by atoms with E-state index >= 15 is 0 Å². The summed E-state index contributed by atoms with van der Waals surface area (Å²) in [6.07, 6.45) is 1.34. The van der Waals surface area contributed by atoms with E-state index in [1.807, 2.05) is 6.07 Å². The molecule has 2 aromatic carbocycles. The highest BCUT2D eigenvalue weighted by Crippen LogP contribution is 2.21. The number of aromatic nitrogens is 2. The van der Waals surface area contributed by atoms with Gasteiger partial charge in [-0.2, -0.15) is 5.10 Å². The van der Waals surface area contributed by atoms with Crippen LogP contribution >= 0.6 is 11.6 Å². The van der Waals surface area contributed by atoms with E-state index in [0.717, 1.165) is 0 Å². The number of hydrogen-bond donors (Lipinski definition) is 2. The van der Waals surface area contributed by atoms with Gasteiger partial charge in [-0.05, 0) is 12.1 Å². The molecule has 0 saturated heterocycles. The Bertz CT molecular complexity index is 859. The van der Waals surface area contributed by atoms with E-state index in [0.29, 0.717) is 16.8 Å². The third-order valence-corrected chi connectivity index (χ3v) is 3.56. The van der Waals surface area contributed by atoms with Crippen LogP contribution in [0.5, 0.6) is 0 Å². The minimum Gasteiger partial charge on any atom is -0.320 e. The molecule has 1 amide bonds. The van der Waals surface area contributed by atoms with Crippen LogP contribution in [0.25, 0.3) is 0 Å². The number of carbonyl (C=O) groups is 2. The van der Waals surface area contributed by atoms with Crippen LogP contribution in [-0.4, -0.2) is 21.9 Å². The number of H-pyrrole nitrogens is 1. The standard InChI is InChI=1S/C17H12ClN3O2/c18-13-10-19-21-15(13)17(23)20-14-9-5-4-8-12(14)16(22)11-6-2-1-3-7-11/h1-10H,(H,19,21)(H,20,23). The Balaban J connectivity index is 1.91. The van der Waals surface area contributed by atoms with Crippen LogP contribution in [0, 0.1) is 0 Å². The molecular formula is C17H12ClN3O2. The van der Waals surface area contributed by atoms with E-state index in [1.165, 1.54) is 6.20 Å². The van der Waals surface area contributed by atoms with Gasteiger partial charge in [-0.25, -0.2) is 0 Å². The molecule has 23 heavy (non-hydrogen) atoms. The molecule has 0 bridgehead atoms. The number of nitrogens with one attached hydrogen (secondary N) is 2. The number of rotatable bonds is 4. The van der Waals surface area contributed by atoms with E-state index in [-0.39, 0.29) is 16.5 Å². The van der Waals surface area contributed by atoms with Gasteiger partial charge in [0, 0.05) is 11.1 Å². The Morgan fingerprint density at radius 3 is 2.39 bits per heavy atom. The summed E-state index contributed by atoms with van der Waals surface area (Å²) in [6, 6.07) is 15.7. The average molecular weight is 326 g/mol. The van der Waals surface area contributed by atoms with Gasteiger partial charge in [0.05, 0.1) is 16.9 Å². The smallest absolute Gasteiger partial charge is 0.275 e. The molecule has 5 nitrogen and oxygen atoms in total. The fourth-order valence-corrected chi connectivity index (χ4v) is 2.33. The predicted octanol–water partition coefficient (Wildman–Crippen LogP) is 3.55. The Morgan fingerprint density at radius 1 is 1.00 bits per heavy atom. The number of benzene rings is 2. The van der Waals surface area contributed by atoms with Gasteiger partial charge in [0.25, 0.3) is 5.91 Å². The molecule has 6 heteroatoms. The molecule has 0 fully saturated rings. The summed E-state index contributed by atoms with van der Waals surface area (Å²) < 4.78 is 0. The molecule has 0 aliphatic heterocycles. The molecule has 114 valence electrons. The topological polar surface area (TPSA) is 74.8 Å². The SMILES string of the molecule is O=C(c1ccccc1)c1ccccc1NC(=O)c1[nH]ncc1Cl. The molecule has 0 spiro atoms. The van der Waals surface area contributed by atoms with Crippen molar-refractivity contribution in [3.63, 3.8) is 0 Å². The van der Waals surface area contributed by atoms with Crippen molar-refractivity contribution in [2.24, 2.45) is 0 Å². The molecular weight excluding hydrogens is 314 g/mol. The van der Waals surface area contributed by atoms with Crippen LogP contribution in [0.4, 0.5) is 5.69 Å². The van der Waals surface area contributed by atoms with Crippen LogP contribution in [-0.2, 0) is 0 Å². The van der Waals surface area contributed by atoms with Gasteiger partial charge in [0.15, 0.2) is 5.78 Å². The quantitative estimate of drug-likeness (QED) is 0.720. The number of aromatic amines is 1. The number of hydrogen-bond acceptors (Lipinski definition) is 3. The zero-order valence-corrected chi connectivity index (χ0v) is 12.7.